The molecule has 10 heteroatoms. The quantitative estimate of drug-likeness (QED) is 0.116. The van der Waals surface area contributed by atoms with Crippen LogP contribution in [-0.2, 0) is 10.1 Å². The third-order valence-electron chi connectivity index (χ3n) is 8.54. The molecule has 0 radical (unpaired) electrons. The van der Waals surface area contributed by atoms with Gasteiger partial charge in [0.25, 0.3) is 0 Å². The van der Waals surface area contributed by atoms with Gasteiger partial charge >= 0.3 is 15.6 Å². The van der Waals surface area contributed by atoms with Gasteiger partial charge in [0.15, 0.2) is 0 Å². The Balaban J connectivity index is 1.48. The maximum absolute atomic E-state index is 13.4. The van der Waals surface area contributed by atoms with Crippen molar-refractivity contribution in [2.24, 2.45) is 0 Å². The molecule has 0 saturated carbocycles. The number of hydrogen-bond acceptors (Lipinski definition) is 6. The van der Waals surface area contributed by atoms with E-state index < -0.39 is 21.4 Å². The van der Waals surface area contributed by atoms with Gasteiger partial charge < -0.3 is 14.0 Å². The Morgan fingerprint density at radius 2 is 1.02 bits per heavy atom. The van der Waals surface area contributed by atoms with Crippen LogP contribution in [0.25, 0.3) is 30.9 Å². The summed E-state index contributed by atoms with van der Waals surface area (Å²) in [5.41, 5.74) is -0.290. The van der Waals surface area contributed by atoms with Crippen molar-refractivity contribution in [1.82, 2.24) is 0 Å². The maximum atomic E-state index is 13.4. The van der Waals surface area contributed by atoms with E-state index in [1.165, 1.54) is 12.1 Å². The predicted octanol–water partition coefficient (Wildman–Crippen LogP) is 12.4. The fourth-order valence-corrected chi connectivity index (χ4v) is 8.11. The lowest BCUT2D eigenvalue weighted by Gasteiger charge is -2.27. The van der Waals surface area contributed by atoms with E-state index in [1.54, 1.807) is 17.4 Å². The Hall–Kier alpha value is -5.84. The first-order valence-corrected chi connectivity index (χ1v) is 18.2. The third kappa shape index (κ3) is 5.92. The molecule has 0 fully saturated rings. The molecule has 0 unspecified atom stereocenters. The highest BCUT2D eigenvalue weighted by Gasteiger charge is 2.48. The summed E-state index contributed by atoms with van der Waals surface area (Å²) < 4.78 is 70.9. The number of benzene rings is 7. The van der Waals surface area contributed by atoms with Crippen LogP contribution in [0.2, 0.25) is 0 Å². The highest BCUT2D eigenvalue weighted by molar-refractivity contribution is 7.88. The van der Waals surface area contributed by atoms with Crippen molar-refractivity contribution < 1.29 is 25.8 Å². The minimum atomic E-state index is -5.89. The van der Waals surface area contributed by atoms with E-state index >= 15 is 0 Å². The van der Waals surface area contributed by atoms with Crippen molar-refractivity contribution in [1.29, 1.82) is 0 Å². The summed E-state index contributed by atoms with van der Waals surface area (Å²) in [7, 11) is -5.89. The number of hydrogen-bond donors (Lipinski definition) is 0. The molecule has 0 aliphatic heterocycles. The van der Waals surface area contributed by atoms with Gasteiger partial charge in [-0.05, 0) is 95.7 Å². The van der Waals surface area contributed by atoms with Gasteiger partial charge in [0, 0.05) is 38.2 Å². The van der Waals surface area contributed by atoms with Gasteiger partial charge in [-0.25, -0.2) is 0 Å². The second kappa shape index (κ2) is 12.8. The Morgan fingerprint density at radius 1 is 0.529 bits per heavy atom. The highest BCUT2D eigenvalue weighted by Crippen LogP contribution is 2.52. The van der Waals surface area contributed by atoms with Gasteiger partial charge in [-0.3, -0.25) is 0 Å². The molecule has 1 aromatic heterocycles. The fourth-order valence-electron chi connectivity index (χ4n) is 6.41. The van der Waals surface area contributed by atoms with Gasteiger partial charge in [-0.2, -0.15) is 21.6 Å². The number of para-hydroxylation sites is 4. The SMILES string of the molecule is O=S(=O)(Oc1ccc2c(c1)cc(N(c1ccccc1)c1ccccc1)c1sc3cccc(N(c4ccccc4)c4ccccc4)c3c12)C(F)(F)F. The lowest BCUT2D eigenvalue weighted by molar-refractivity contribution is -0.0500. The normalized spacial score (nSPS) is 12.0. The van der Waals surface area contributed by atoms with Crippen LogP contribution >= 0.6 is 11.3 Å². The fraction of sp³-hybridized carbons (Fsp3) is 0.0244. The molecule has 0 aliphatic rings. The van der Waals surface area contributed by atoms with E-state index in [4.69, 9.17) is 0 Å². The van der Waals surface area contributed by atoms with Gasteiger partial charge in [0.1, 0.15) is 5.75 Å². The minimum Gasteiger partial charge on any atom is -0.376 e. The smallest absolute Gasteiger partial charge is 0.376 e. The number of halogens is 3. The molecule has 8 aromatic rings. The number of thiophene rings is 1. The number of nitrogens with zero attached hydrogens (tertiary/aromatic N) is 2. The number of rotatable bonds is 8. The molecule has 0 amide bonds. The van der Waals surface area contributed by atoms with Crippen molar-refractivity contribution in [3.63, 3.8) is 0 Å². The summed E-state index contributed by atoms with van der Waals surface area (Å²) in [5, 5.41) is 3.04. The summed E-state index contributed by atoms with van der Waals surface area (Å²) >= 11 is 1.62. The Bertz CT molecular complexity index is 2540. The van der Waals surface area contributed by atoms with Crippen molar-refractivity contribution >= 4 is 86.5 Å². The van der Waals surface area contributed by atoms with Crippen molar-refractivity contribution in [3.8, 4) is 5.75 Å². The lowest BCUT2D eigenvalue weighted by Crippen LogP contribution is -2.28. The largest absolute Gasteiger partial charge is 0.534 e. The number of alkyl halides is 3. The molecule has 0 bridgehead atoms. The molecule has 8 rings (SSSR count). The minimum absolute atomic E-state index is 0.439. The van der Waals surface area contributed by atoms with E-state index in [1.807, 2.05) is 133 Å². The predicted molar refractivity (Wildman–Crippen MR) is 202 cm³/mol. The number of fused-ring (bicyclic) bond motifs is 5. The zero-order valence-corrected chi connectivity index (χ0v) is 28.3. The molecule has 0 N–H and O–H groups in total. The molecule has 1 heterocycles. The molecule has 0 saturated heterocycles. The summed E-state index contributed by atoms with van der Waals surface area (Å²) in [6.07, 6.45) is 0. The summed E-state index contributed by atoms with van der Waals surface area (Å²) in [6, 6.07) is 51.9. The van der Waals surface area contributed by atoms with Crippen LogP contribution in [0, 0.1) is 0 Å². The molecular formula is C41H27F3N2O3S2. The first-order chi connectivity index (χ1) is 24.7. The zero-order valence-electron chi connectivity index (χ0n) is 26.7. The first-order valence-electron chi connectivity index (χ1n) is 15.9. The second-order valence-electron chi connectivity index (χ2n) is 11.7. The second-order valence-corrected chi connectivity index (χ2v) is 14.3. The average Bonchev–Trinajstić information content (AvgIpc) is 3.54. The van der Waals surface area contributed by atoms with Crippen LogP contribution in [0.5, 0.6) is 5.75 Å². The summed E-state index contributed by atoms with van der Waals surface area (Å²) in [4.78, 5) is 4.29. The van der Waals surface area contributed by atoms with Gasteiger partial charge in [-0.15, -0.1) is 11.3 Å². The van der Waals surface area contributed by atoms with Crippen LogP contribution in [0.1, 0.15) is 0 Å². The molecule has 51 heavy (non-hydrogen) atoms. The molecular weight excluding hydrogens is 690 g/mol. The average molecular weight is 717 g/mol. The Kier molecular flexibility index (Phi) is 8.13. The maximum Gasteiger partial charge on any atom is 0.534 e. The van der Waals surface area contributed by atoms with Crippen molar-refractivity contribution in [2.75, 3.05) is 9.80 Å². The monoisotopic (exact) mass is 716 g/mol. The molecule has 0 atom stereocenters. The number of anilines is 6. The standard InChI is InChI=1S/C41H27F3N2O3S2/c42-41(43,44)51(47,48)49-33-24-25-34-28(26-33)27-36(46(31-18-9-3-10-19-31)32-20-11-4-12-21-32)40-38(34)39-35(22-13-23-37(39)50-40)45(29-14-5-1-6-15-29)30-16-7-2-8-17-30/h1-27H. The first kappa shape index (κ1) is 32.4. The third-order valence-corrected chi connectivity index (χ3v) is 10.7. The van der Waals surface area contributed by atoms with Gasteiger partial charge in [0.2, 0.25) is 0 Å². The Labute approximate surface area is 296 Å². The van der Waals surface area contributed by atoms with Gasteiger partial charge in [-0.1, -0.05) is 78.9 Å². The van der Waals surface area contributed by atoms with E-state index in [0.717, 1.165) is 59.7 Å². The lowest BCUT2D eigenvalue weighted by atomic mass is 9.99. The Morgan fingerprint density at radius 3 is 1.51 bits per heavy atom. The molecule has 0 spiro atoms. The van der Waals surface area contributed by atoms with Gasteiger partial charge in [0.05, 0.1) is 16.1 Å². The zero-order chi connectivity index (χ0) is 35.2. The van der Waals surface area contributed by atoms with E-state index in [-0.39, 0.29) is 0 Å². The van der Waals surface area contributed by atoms with Crippen LogP contribution in [-0.4, -0.2) is 13.9 Å². The van der Waals surface area contributed by atoms with Crippen LogP contribution in [0.15, 0.2) is 164 Å². The molecule has 5 nitrogen and oxygen atoms in total. The van der Waals surface area contributed by atoms with Crippen molar-refractivity contribution in [3.05, 3.63) is 164 Å². The molecule has 252 valence electrons. The van der Waals surface area contributed by atoms with E-state index in [0.29, 0.717) is 5.39 Å². The van der Waals surface area contributed by atoms with Crippen LogP contribution in [0.3, 0.4) is 0 Å². The highest BCUT2D eigenvalue weighted by atomic mass is 32.2. The topological polar surface area (TPSA) is 49.9 Å². The van der Waals surface area contributed by atoms with Crippen molar-refractivity contribution in [2.45, 2.75) is 5.51 Å². The molecule has 0 aliphatic carbocycles. The summed E-state index contributed by atoms with van der Waals surface area (Å²) in [5.74, 6) is -0.439. The summed E-state index contributed by atoms with van der Waals surface area (Å²) in [6.45, 7) is 0. The molecule has 7 aromatic carbocycles. The van der Waals surface area contributed by atoms with E-state index in [9.17, 15) is 21.6 Å². The van der Waals surface area contributed by atoms with Crippen LogP contribution < -0.4 is 14.0 Å². The van der Waals surface area contributed by atoms with Crippen LogP contribution in [0.4, 0.5) is 47.3 Å². The van der Waals surface area contributed by atoms with E-state index in [2.05, 4.69) is 26.1 Å².